The summed E-state index contributed by atoms with van der Waals surface area (Å²) in [6, 6.07) is 8.12. The molecule has 0 spiro atoms. The molecule has 3 nitrogen and oxygen atoms in total. The highest BCUT2D eigenvalue weighted by molar-refractivity contribution is 7.99. The van der Waals surface area contributed by atoms with Crippen LogP contribution in [0.3, 0.4) is 0 Å². The monoisotopic (exact) mass is 281 g/mol. The smallest absolute Gasteiger partial charge is 0.126 e. The number of rotatable bonds is 5. The summed E-state index contributed by atoms with van der Waals surface area (Å²) in [5.74, 6) is 1.93. The minimum absolute atomic E-state index is 0.214. The molecule has 0 aliphatic carbocycles. The van der Waals surface area contributed by atoms with Crippen molar-refractivity contribution in [1.29, 1.82) is 0 Å². The number of aryl methyl sites for hydroxylation is 1. The molecule has 1 aromatic heterocycles. The van der Waals surface area contributed by atoms with Gasteiger partial charge in [0.25, 0.3) is 0 Å². The number of hydrogen-bond donors (Lipinski definition) is 1. The molecular weight excluding hydrogens is 266 g/mol. The predicted molar refractivity (Wildman–Crippen MR) is 77.2 cm³/mol. The van der Waals surface area contributed by atoms with E-state index in [1.54, 1.807) is 11.8 Å². The number of hydrogen-bond acceptors (Lipinski definition) is 3. The first-order valence-corrected chi connectivity index (χ1v) is 7.10. The largest absolute Gasteiger partial charge is 0.337 e. The minimum atomic E-state index is 0.214. The van der Waals surface area contributed by atoms with Gasteiger partial charge in [-0.1, -0.05) is 23.7 Å². The van der Waals surface area contributed by atoms with Gasteiger partial charge in [0, 0.05) is 30.1 Å². The molecule has 0 amide bonds. The Kier molecular flexibility index (Phi) is 4.69. The molecule has 1 N–H and O–H groups in total. The highest BCUT2D eigenvalue weighted by atomic mass is 35.5. The van der Waals surface area contributed by atoms with Crippen molar-refractivity contribution < 1.29 is 0 Å². The lowest BCUT2D eigenvalue weighted by molar-refractivity contribution is 0.593. The third kappa shape index (κ3) is 3.07. The van der Waals surface area contributed by atoms with Gasteiger partial charge in [-0.15, -0.1) is 11.8 Å². The quantitative estimate of drug-likeness (QED) is 0.854. The number of benzene rings is 1. The third-order valence-electron chi connectivity index (χ3n) is 2.76. The Labute approximate surface area is 117 Å². The Morgan fingerprint density at radius 3 is 2.83 bits per heavy atom. The number of imidazole rings is 1. The SMILES string of the molecule is CNC(CSc1ccccc1Cl)c1nccn1C. The third-order valence-corrected chi connectivity index (χ3v) is 4.37. The Hall–Kier alpha value is -0.970. The fourth-order valence-electron chi connectivity index (χ4n) is 1.73. The summed E-state index contributed by atoms with van der Waals surface area (Å²) in [6.07, 6.45) is 3.78. The maximum absolute atomic E-state index is 6.14. The molecule has 0 fully saturated rings. The van der Waals surface area contributed by atoms with Gasteiger partial charge in [-0.2, -0.15) is 0 Å². The van der Waals surface area contributed by atoms with Crippen LogP contribution in [0.25, 0.3) is 0 Å². The second-order valence-electron chi connectivity index (χ2n) is 3.98. The molecule has 1 heterocycles. The fraction of sp³-hybridized carbons (Fsp3) is 0.308. The molecule has 0 aliphatic rings. The Balaban J connectivity index is 2.05. The minimum Gasteiger partial charge on any atom is -0.337 e. The van der Waals surface area contributed by atoms with Crippen molar-refractivity contribution >= 4 is 23.4 Å². The van der Waals surface area contributed by atoms with Gasteiger partial charge in [0.1, 0.15) is 5.82 Å². The van der Waals surface area contributed by atoms with E-state index in [1.807, 2.05) is 55.3 Å². The molecule has 2 rings (SSSR count). The lowest BCUT2D eigenvalue weighted by Crippen LogP contribution is -2.22. The van der Waals surface area contributed by atoms with Crippen molar-refractivity contribution in [1.82, 2.24) is 14.9 Å². The van der Waals surface area contributed by atoms with Crippen LogP contribution >= 0.6 is 23.4 Å². The number of aromatic nitrogens is 2. The Morgan fingerprint density at radius 2 is 2.22 bits per heavy atom. The molecule has 0 radical (unpaired) electrons. The van der Waals surface area contributed by atoms with E-state index in [2.05, 4.69) is 10.3 Å². The van der Waals surface area contributed by atoms with Crippen molar-refractivity contribution in [3.63, 3.8) is 0 Å². The zero-order valence-corrected chi connectivity index (χ0v) is 12.0. The van der Waals surface area contributed by atoms with Crippen molar-refractivity contribution in [2.24, 2.45) is 7.05 Å². The summed E-state index contributed by atoms with van der Waals surface area (Å²) in [5, 5.41) is 4.09. The van der Waals surface area contributed by atoms with Crippen LogP contribution in [0, 0.1) is 0 Å². The van der Waals surface area contributed by atoms with Gasteiger partial charge in [-0.05, 0) is 19.2 Å². The average Bonchev–Trinajstić information content (AvgIpc) is 2.79. The van der Waals surface area contributed by atoms with Crippen LogP contribution < -0.4 is 5.32 Å². The van der Waals surface area contributed by atoms with E-state index in [-0.39, 0.29) is 6.04 Å². The summed E-state index contributed by atoms with van der Waals surface area (Å²) in [6.45, 7) is 0. The maximum atomic E-state index is 6.14. The predicted octanol–water partition coefficient (Wildman–Crippen LogP) is 3.13. The summed E-state index contributed by atoms with van der Waals surface area (Å²) < 4.78 is 2.04. The zero-order valence-electron chi connectivity index (χ0n) is 10.4. The van der Waals surface area contributed by atoms with Crippen LogP contribution in [0.5, 0.6) is 0 Å². The fourth-order valence-corrected chi connectivity index (χ4v) is 3.08. The van der Waals surface area contributed by atoms with Crippen LogP contribution in [0.4, 0.5) is 0 Å². The second-order valence-corrected chi connectivity index (χ2v) is 5.45. The first-order valence-electron chi connectivity index (χ1n) is 5.74. The van der Waals surface area contributed by atoms with Crippen molar-refractivity contribution in [3.05, 3.63) is 47.5 Å². The van der Waals surface area contributed by atoms with Crippen LogP contribution in [0.1, 0.15) is 11.9 Å². The van der Waals surface area contributed by atoms with Gasteiger partial charge in [-0.3, -0.25) is 0 Å². The lowest BCUT2D eigenvalue weighted by atomic mass is 10.3. The maximum Gasteiger partial charge on any atom is 0.126 e. The molecule has 1 unspecified atom stereocenters. The average molecular weight is 282 g/mol. The zero-order chi connectivity index (χ0) is 13.0. The lowest BCUT2D eigenvalue weighted by Gasteiger charge is -2.15. The van der Waals surface area contributed by atoms with Gasteiger partial charge < -0.3 is 9.88 Å². The summed E-state index contributed by atoms with van der Waals surface area (Å²) in [7, 11) is 3.96. The normalized spacial score (nSPS) is 12.6. The van der Waals surface area contributed by atoms with E-state index in [0.717, 1.165) is 21.5 Å². The van der Waals surface area contributed by atoms with E-state index in [1.165, 1.54) is 0 Å². The highest BCUT2D eigenvalue weighted by Crippen LogP contribution is 2.29. The Bertz CT molecular complexity index is 512. The summed E-state index contributed by atoms with van der Waals surface area (Å²) >= 11 is 7.88. The first-order chi connectivity index (χ1) is 8.72. The molecule has 5 heteroatoms. The molecule has 2 aromatic rings. The summed E-state index contributed by atoms with van der Waals surface area (Å²) in [5.41, 5.74) is 0. The van der Waals surface area contributed by atoms with Crippen molar-refractivity contribution in [2.75, 3.05) is 12.8 Å². The van der Waals surface area contributed by atoms with Crippen LogP contribution in [-0.2, 0) is 7.05 Å². The number of nitrogens with one attached hydrogen (secondary N) is 1. The van der Waals surface area contributed by atoms with Gasteiger partial charge in [0.2, 0.25) is 0 Å². The molecule has 0 aliphatic heterocycles. The molecule has 0 saturated heterocycles. The van der Waals surface area contributed by atoms with Gasteiger partial charge in [0.05, 0.1) is 11.1 Å². The molecular formula is C13H16ClN3S. The van der Waals surface area contributed by atoms with Crippen LogP contribution in [0.15, 0.2) is 41.6 Å². The van der Waals surface area contributed by atoms with E-state index in [9.17, 15) is 0 Å². The second kappa shape index (κ2) is 6.27. The number of halogens is 1. The molecule has 1 atom stereocenters. The Morgan fingerprint density at radius 1 is 1.44 bits per heavy atom. The topological polar surface area (TPSA) is 29.9 Å². The number of thioether (sulfide) groups is 1. The number of nitrogens with zero attached hydrogens (tertiary/aromatic N) is 2. The first kappa shape index (κ1) is 13.5. The standard InChI is InChI=1S/C13H16ClN3S/c1-15-11(13-16-7-8-17(13)2)9-18-12-6-4-3-5-10(12)14/h3-8,11,15H,9H2,1-2H3. The van der Waals surface area contributed by atoms with Gasteiger partial charge in [0.15, 0.2) is 0 Å². The van der Waals surface area contributed by atoms with Crippen molar-refractivity contribution in [2.45, 2.75) is 10.9 Å². The molecule has 18 heavy (non-hydrogen) atoms. The van der Waals surface area contributed by atoms with Crippen LogP contribution in [-0.4, -0.2) is 22.4 Å². The van der Waals surface area contributed by atoms with E-state index in [4.69, 9.17) is 11.6 Å². The van der Waals surface area contributed by atoms with E-state index >= 15 is 0 Å². The van der Waals surface area contributed by atoms with Crippen molar-refractivity contribution in [3.8, 4) is 0 Å². The highest BCUT2D eigenvalue weighted by Gasteiger charge is 2.14. The molecule has 0 saturated carbocycles. The van der Waals surface area contributed by atoms with Gasteiger partial charge >= 0.3 is 0 Å². The molecule has 96 valence electrons. The summed E-state index contributed by atoms with van der Waals surface area (Å²) in [4.78, 5) is 5.48. The molecule has 0 bridgehead atoms. The van der Waals surface area contributed by atoms with Crippen LogP contribution in [0.2, 0.25) is 5.02 Å². The molecule has 1 aromatic carbocycles. The van der Waals surface area contributed by atoms with Gasteiger partial charge in [-0.25, -0.2) is 4.98 Å². The van der Waals surface area contributed by atoms with E-state index < -0.39 is 0 Å². The van der Waals surface area contributed by atoms with E-state index in [0.29, 0.717) is 0 Å².